The number of benzene rings is 1. The second kappa shape index (κ2) is 6.78. The number of carbonyl (C=O) groups excluding carboxylic acids is 1. The standard InChI is InChI=1S/C14H17N3O6S/c1-9-3-5-10(6-4-9)24(20,21)22-8-11-12(7-18)23-13(19)14(11,2)16-17-15/h3-6,11-12,18H,7-8H2,1-2H3/t11-,12-,14-/m1/s1. The zero-order valence-electron chi connectivity index (χ0n) is 13.1. The highest BCUT2D eigenvalue weighted by molar-refractivity contribution is 7.86. The molecule has 1 aliphatic heterocycles. The van der Waals surface area contributed by atoms with Gasteiger partial charge in [0.05, 0.1) is 18.1 Å². The maximum Gasteiger partial charge on any atom is 0.318 e. The van der Waals surface area contributed by atoms with Crippen LogP contribution in [0.2, 0.25) is 0 Å². The number of nitrogens with zero attached hydrogens (tertiary/aromatic N) is 3. The number of azide groups is 1. The number of aliphatic hydroxyl groups is 1. The van der Waals surface area contributed by atoms with Gasteiger partial charge in [-0.15, -0.1) is 0 Å². The summed E-state index contributed by atoms with van der Waals surface area (Å²) in [6, 6.07) is 6.05. The third kappa shape index (κ3) is 3.36. The average molecular weight is 355 g/mol. The molecule has 0 amide bonds. The molecule has 0 bridgehead atoms. The Labute approximate surface area is 138 Å². The van der Waals surface area contributed by atoms with Crippen LogP contribution >= 0.6 is 0 Å². The molecule has 1 fully saturated rings. The highest BCUT2D eigenvalue weighted by Gasteiger charge is 2.54. The highest BCUT2D eigenvalue weighted by atomic mass is 32.2. The van der Waals surface area contributed by atoms with Crippen molar-refractivity contribution in [3.05, 3.63) is 40.3 Å². The molecule has 10 heteroatoms. The summed E-state index contributed by atoms with van der Waals surface area (Å²) in [5, 5.41) is 12.7. The van der Waals surface area contributed by atoms with Gasteiger partial charge in [-0.3, -0.25) is 8.98 Å². The van der Waals surface area contributed by atoms with Crippen molar-refractivity contribution < 1.29 is 27.2 Å². The van der Waals surface area contributed by atoms with Gasteiger partial charge in [0.1, 0.15) is 6.10 Å². The second-order valence-electron chi connectivity index (χ2n) is 5.62. The Balaban J connectivity index is 2.23. The lowest BCUT2D eigenvalue weighted by atomic mass is 9.86. The molecule has 1 saturated heterocycles. The Morgan fingerprint density at radius 3 is 2.58 bits per heavy atom. The van der Waals surface area contributed by atoms with Gasteiger partial charge in [-0.1, -0.05) is 22.8 Å². The van der Waals surface area contributed by atoms with Crippen LogP contribution in [0.5, 0.6) is 0 Å². The predicted octanol–water partition coefficient (Wildman–Crippen LogP) is 1.30. The molecule has 3 atom stereocenters. The van der Waals surface area contributed by atoms with E-state index in [1.54, 1.807) is 12.1 Å². The summed E-state index contributed by atoms with van der Waals surface area (Å²) in [6.45, 7) is 2.12. The molecule has 1 aromatic carbocycles. The molecular formula is C14H17N3O6S. The van der Waals surface area contributed by atoms with E-state index in [-0.39, 0.29) is 4.90 Å². The van der Waals surface area contributed by atoms with Crippen molar-refractivity contribution in [1.29, 1.82) is 0 Å². The summed E-state index contributed by atoms with van der Waals surface area (Å²) >= 11 is 0. The average Bonchev–Trinajstić information content (AvgIpc) is 2.77. The minimum absolute atomic E-state index is 0.0376. The van der Waals surface area contributed by atoms with Crippen molar-refractivity contribution in [2.75, 3.05) is 13.2 Å². The van der Waals surface area contributed by atoms with Gasteiger partial charge in [-0.05, 0) is 31.5 Å². The van der Waals surface area contributed by atoms with E-state index >= 15 is 0 Å². The molecular weight excluding hydrogens is 338 g/mol. The summed E-state index contributed by atoms with van der Waals surface area (Å²) in [4.78, 5) is 14.5. The van der Waals surface area contributed by atoms with E-state index in [1.807, 2.05) is 6.92 Å². The molecule has 0 unspecified atom stereocenters. The minimum atomic E-state index is -4.06. The second-order valence-corrected chi connectivity index (χ2v) is 7.24. The Hall–Kier alpha value is -2.13. The lowest BCUT2D eigenvalue weighted by molar-refractivity contribution is -0.146. The molecule has 0 radical (unpaired) electrons. The minimum Gasteiger partial charge on any atom is -0.459 e. The van der Waals surface area contributed by atoms with Crippen molar-refractivity contribution >= 4 is 16.1 Å². The van der Waals surface area contributed by atoms with Crippen LogP contribution in [0.1, 0.15) is 12.5 Å². The zero-order valence-corrected chi connectivity index (χ0v) is 13.9. The fraction of sp³-hybridized carbons (Fsp3) is 0.500. The van der Waals surface area contributed by atoms with Gasteiger partial charge in [0.2, 0.25) is 0 Å². The largest absolute Gasteiger partial charge is 0.459 e. The molecule has 9 nitrogen and oxygen atoms in total. The maximum atomic E-state index is 12.2. The molecule has 0 saturated carbocycles. The smallest absolute Gasteiger partial charge is 0.318 e. The van der Waals surface area contributed by atoms with Gasteiger partial charge in [0.15, 0.2) is 5.54 Å². The predicted molar refractivity (Wildman–Crippen MR) is 82.3 cm³/mol. The molecule has 0 aromatic heterocycles. The van der Waals surface area contributed by atoms with Gasteiger partial charge in [-0.25, -0.2) is 0 Å². The Morgan fingerprint density at radius 1 is 1.42 bits per heavy atom. The molecule has 0 spiro atoms. The van der Waals surface area contributed by atoms with E-state index in [4.69, 9.17) is 14.5 Å². The first-order chi connectivity index (χ1) is 11.2. The first kappa shape index (κ1) is 18.2. The van der Waals surface area contributed by atoms with E-state index in [9.17, 15) is 18.3 Å². The van der Waals surface area contributed by atoms with Crippen LogP contribution in [0, 0.1) is 12.8 Å². The van der Waals surface area contributed by atoms with Crippen molar-refractivity contribution in [2.24, 2.45) is 11.0 Å². The van der Waals surface area contributed by atoms with E-state index < -0.39 is 46.9 Å². The summed E-state index contributed by atoms with van der Waals surface area (Å²) in [6.07, 6.45) is -1.01. The Morgan fingerprint density at radius 2 is 2.04 bits per heavy atom. The number of cyclic esters (lactones) is 1. The highest BCUT2D eigenvalue weighted by Crippen LogP contribution is 2.36. The van der Waals surface area contributed by atoms with E-state index in [0.29, 0.717) is 0 Å². The number of hydrogen-bond acceptors (Lipinski definition) is 7. The first-order valence-electron chi connectivity index (χ1n) is 7.09. The van der Waals surface area contributed by atoms with E-state index in [1.165, 1.54) is 19.1 Å². The van der Waals surface area contributed by atoms with Gasteiger partial charge in [-0.2, -0.15) is 8.42 Å². The molecule has 1 N–H and O–H groups in total. The van der Waals surface area contributed by atoms with Crippen LogP contribution in [0.4, 0.5) is 0 Å². The SMILES string of the molecule is Cc1ccc(S(=O)(=O)OC[C@@H]2[C@@H](CO)OC(=O)[C@]2(C)N=[N+]=[N-])cc1. The number of rotatable bonds is 6. The quantitative estimate of drug-likeness (QED) is 0.268. The van der Waals surface area contributed by atoms with E-state index in [0.717, 1.165) is 5.56 Å². The van der Waals surface area contributed by atoms with Gasteiger partial charge in [0, 0.05) is 10.8 Å². The maximum absolute atomic E-state index is 12.2. The van der Waals surface area contributed by atoms with Gasteiger partial charge >= 0.3 is 5.97 Å². The Kier molecular flexibility index (Phi) is 5.14. The summed E-state index contributed by atoms with van der Waals surface area (Å²) in [5.41, 5.74) is 7.89. The molecule has 2 rings (SSSR count). The zero-order chi connectivity index (χ0) is 18.0. The number of ether oxygens (including phenoxy) is 1. The van der Waals surface area contributed by atoms with Crippen molar-refractivity contribution in [1.82, 2.24) is 0 Å². The molecule has 1 heterocycles. The topological polar surface area (TPSA) is 139 Å². The van der Waals surface area contributed by atoms with Crippen molar-refractivity contribution in [2.45, 2.75) is 30.4 Å². The molecule has 1 aromatic rings. The first-order valence-corrected chi connectivity index (χ1v) is 8.49. The number of hydrogen-bond donors (Lipinski definition) is 1. The summed E-state index contributed by atoms with van der Waals surface area (Å²) < 4.78 is 34.4. The molecule has 130 valence electrons. The van der Waals surface area contributed by atoms with Crippen LogP contribution < -0.4 is 0 Å². The lowest BCUT2D eigenvalue weighted by Gasteiger charge is -2.23. The van der Waals surface area contributed by atoms with Crippen LogP contribution in [-0.4, -0.2) is 44.4 Å². The van der Waals surface area contributed by atoms with Crippen LogP contribution in [0.25, 0.3) is 10.4 Å². The Bertz CT molecular complexity index is 772. The number of carbonyl (C=O) groups is 1. The molecule has 0 aliphatic carbocycles. The molecule has 24 heavy (non-hydrogen) atoms. The van der Waals surface area contributed by atoms with E-state index in [2.05, 4.69) is 10.0 Å². The number of aryl methyl sites for hydroxylation is 1. The molecule has 1 aliphatic rings. The summed E-state index contributed by atoms with van der Waals surface area (Å²) in [5.74, 6) is -1.77. The van der Waals surface area contributed by atoms with Crippen molar-refractivity contribution in [3.8, 4) is 0 Å². The summed E-state index contributed by atoms with van der Waals surface area (Å²) in [7, 11) is -4.06. The van der Waals surface area contributed by atoms with Crippen LogP contribution in [-0.2, 0) is 23.8 Å². The van der Waals surface area contributed by atoms with Crippen LogP contribution in [0.15, 0.2) is 34.3 Å². The normalized spacial score (nSPS) is 26.7. The fourth-order valence-electron chi connectivity index (χ4n) is 2.43. The third-order valence-corrected chi connectivity index (χ3v) is 5.28. The fourth-order valence-corrected chi connectivity index (χ4v) is 3.36. The lowest BCUT2D eigenvalue weighted by Crippen LogP contribution is -2.40. The number of aliphatic hydroxyl groups excluding tert-OH is 1. The van der Waals surface area contributed by atoms with Crippen molar-refractivity contribution in [3.63, 3.8) is 0 Å². The van der Waals surface area contributed by atoms with Crippen LogP contribution in [0.3, 0.4) is 0 Å². The number of esters is 1. The monoisotopic (exact) mass is 355 g/mol. The van der Waals surface area contributed by atoms with Gasteiger partial charge < -0.3 is 9.84 Å². The van der Waals surface area contributed by atoms with Gasteiger partial charge in [0.25, 0.3) is 10.1 Å². The third-order valence-electron chi connectivity index (χ3n) is 3.99.